The molecule has 3 aromatic rings. The Bertz CT molecular complexity index is 923. The van der Waals surface area contributed by atoms with Crippen molar-refractivity contribution in [1.82, 2.24) is 25.1 Å². The summed E-state index contributed by atoms with van der Waals surface area (Å²) in [4.78, 5) is 16.5. The van der Waals surface area contributed by atoms with Gasteiger partial charge in [-0.05, 0) is 29.5 Å². The van der Waals surface area contributed by atoms with Crippen molar-refractivity contribution in [3.63, 3.8) is 0 Å². The molecule has 1 aromatic carbocycles. The molecule has 2 heterocycles. The highest BCUT2D eigenvalue weighted by Gasteiger charge is 2.17. The summed E-state index contributed by atoms with van der Waals surface area (Å²) in [6, 6.07) is 10.9. The first kappa shape index (κ1) is 18.6. The molecule has 26 heavy (non-hydrogen) atoms. The lowest BCUT2D eigenvalue weighted by Crippen LogP contribution is -2.34. The van der Waals surface area contributed by atoms with Crippen LogP contribution < -0.4 is 0 Å². The van der Waals surface area contributed by atoms with E-state index in [-0.39, 0.29) is 12.5 Å². The number of carbonyl (C=O) groups is 1. The second-order valence-electron chi connectivity index (χ2n) is 5.39. The van der Waals surface area contributed by atoms with Gasteiger partial charge in [-0.2, -0.15) is 4.80 Å². The maximum Gasteiger partial charge on any atom is 0.246 e. The predicted molar refractivity (Wildman–Crippen MR) is 103 cm³/mol. The summed E-state index contributed by atoms with van der Waals surface area (Å²) in [6.45, 7) is 4.55. The van der Waals surface area contributed by atoms with Crippen LogP contribution in [0.25, 0.3) is 11.4 Å². The van der Waals surface area contributed by atoms with Crippen LogP contribution in [0.15, 0.2) is 49.1 Å². The Labute approximate surface area is 164 Å². The molecule has 0 atom stereocenters. The molecule has 0 fully saturated rings. The largest absolute Gasteiger partial charge is 0.332 e. The van der Waals surface area contributed by atoms with Crippen molar-refractivity contribution in [1.29, 1.82) is 0 Å². The van der Waals surface area contributed by atoms with Crippen LogP contribution in [-0.2, 0) is 17.9 Å². The quantitative estimate of drug-likeness (QED) is 0.556. The van der Waals surface area contributed by atoms with E-state index >= 15 is 0 Å². The second-order valence-corrected chi connectivity index (χ2v) is 7.60. The highest BCUT2D eigenvalue weighted by Crippen LogP contribution is 2.24. The fourth-order valence-corrected chi connectivity index (χ4v) is 3.64. The van der Waals surface area contributed by atoms with Crippen LogP contribution in [0, 0.1) is 0 Å². The first-order chi connectivity index (χ1) is 12.6. The summed E-state index contributed by atoms with van der Waals surface area (Å²) < 4.78 is 0.688. The van der Waals surface area contributed by atoms with E-state index in [1.807, 2.05) is 24.3 Å². The SMILES string of the molecule is C=CCN(Cc1ccc(Cl)s1)C(=O)Cn1nnc(-c2ccccc2Cl)n1. The van der Waals surface area contributed by atoms with Crippen molar-refractivity contribution in [2.24, 2.45) is 0 Å². The maximum atomic E-state index is 12.6. The van der Waals surface area contributed by atoms with E-state index in [2.05, 4.69) is 22.0 Å². The third-order valence-electron chi connectivity index (χ3n) is 3.52. The van der Waals surface area contributed by atoms with E-state index in [1.54, 1.807) is 23.1 Å². The Morgan fingerprint density at radius 2 is 2.08 bits per heavy atom. The van der Waals surface area contributed by atoms with Gasteiger partial charge in [-0.3, -0.25) is 4.79 Å². The van der Waals surface area contributed by atoms with Crippen LogP contribution in [0.1, 0.15) is 4.88 Å². The first-order valence-electron chi connectivity index (χ1n) is 7.72. The number of halogens is 2. The van der Waals surface area contributed by atoms with E-state index < -0.39 is 0 Å². The molecule has 0 radical (unpaired) electrons. The molecule has 0 aliphatic heterocycles. The Balaban J connectivity index is 1.71. The van der Waals surface area contributed by atoms with E-state index in [0.717, 1.165) is 4.88 Å². The molecule has 134 valence electrons. The van der Waals surface area contributed by atoms with Gasteiger partial charge in [0, 0.05) is 17.0 Å². The highest BCUT2D eigenvalue weighted by molar-refractivity contribution is 7.16. The average molecular weight is 408 g/mol. The van der Waals surface area contributed by atoms with Crippen molar-refractivity contribution < 1.29 is 4.79 Å². The Morgan fingerprint density at radius 3 is 2.77 bits per heavy atom. The number of thiophene rings is 1. The lowest BCUT2D eigenvalue weighted by atomic mass is 10.2. The van der Waals surface area contributed by atoms with Gasteiger partial charge in [0.25, 0.3) is 0 Å². The molecule has 0 bridgehead atoms. The molecule has 0 aliphatic rings. The Kier molecular flexibility index (Phi) is 6.03. The van der Waals surface area contributed by atoms with Crippen molar-refractivity contribution >= 4 is 40.4 Å². The maximum absolute atomic E-state index is 12.6. The number of carbonyl (C=O) groups excluding carboxylic acids is 1. The van der Waals surface area contributed by atoms with Crippen LogP contribution in [0.5, 0.6) is 0 Å². The molecule has 1 amide bonds. The average Bonchev–Trinajstić information content (AvgIpc) is 3.24. The number of aromatic nitrogens is 4. The minimum absolute atomic E-state index is 0.0234. The lowest BCUT2D eigenvalue weighted by Gasteiger charge is -2.19. The van der Waals surface area contributed by atoms with Crippen molar-refractivity contribution in [3.8, 4) is 11.4 Å². The Hall–Kier alpha value is -2.22. The minimum Gasteiger partial charge on any atom is -0.332 e. The molecule has 9 heteroatoms. The van der Waals surface area contributed by atoms with Crippen molar-refractivity contribution in [3.05, 3.63) is 63.3 Å². The van der Waals surface area contributed by atoms with Gasteiger partial charge in [0.15, 0.2) is 0 Å². The van der Waals surface area contributed by atoms with Gasteiger partial charge in [0.1, 0.15) is 6.54 Å². The zero-order valence-corrected chi connectivity index (χ0v) is 16.0. The predicted octanol–water partition coefficient (Wildman–Crippen LogP) is 3.92. The van der Waals surface area contributed by atoms with Gasteiger partial charge in [-0.25, -0.2) is 0 Å². The molecule has 0 saturated heterocycles. The van der Waals surface area contributed by atoms with E-state index in [9.17, 15) is 4.79 Å². The summed E-state index contributed by atoms with van der Waals surface area (Å²) in [5, 5.41) is 12.7. The van der Waals surface area contributed by atoms with Crippen LogP contribution in [0.3, 0.4) is 0 Å². The highest BCUT2D eigenvalue weighted by atomic mass is 35.5. The molecule has 0 aliphatic carbocycles. The molecule has 0 saturated carbocycles. The molecular weight excluding hydrogens is 393 g/mol. The molecule has 0 spiro atoms. The number of hydrogen-bond acceptors (Lipinski definition) is 5. The summed E-state index contributed by atoms with van der Waals surface area (Å²) in [6.07, 6.45) is 1.68. The summed E-state index contributed by atoms with van der Waals surface area (Å²) in [5.41, 5.74) is 0.670. The summed E-state index contributed by atoms with van der Waals surface area (Å²) >= 11 is 13.5. The smallest absolute Gasteiger partial charge is 0.246 e. The van der Waals surface area contributed by atoms with Crippen molar-refractivity contribution in [2.75, 3.05) is 6.54 Å². The molecule has 6 nitrogen and oxygen atoms in total. The van der Waals surface area contributed by atoms with E-state index in [1.165, 1.54) is 16.1 Å². The number of amides is 1. The number of rotatable bonds is 7. The number of nitrogens with zero attached hydrogens (tertiary/aromatic N) is 5. The van der Waals surface area contributed by atoms with Crippen LogP contribution in [0.2, 0.25) is 9.36 Å². The summed E-state index contributed by atoms with van der Waals surface area (Å²) in [7, 11) is 0. The number of tetrazole rings is 1. The van der Waals surface area contributed by atoms with E-state index in [0.29, 0.717) is 33.8 Å². The molecule has 0 N–H and O–H groups in total. The Morgan fingerprint density at radius 1 is 1.27 bits per heavy atom. The van der Waals surface area contributed by atoms with Crippen LogP contribution in [0.4, 0.5) is 0 Å². The second kappa shape index (κ2) is 8.44. The van der Waals surface area contributed by atoms with Gasteiger partial charge < -0.3 is 4.90 Å². The standard InChI is InChI=1S/C17H15Cl2N5OS/c1-2-9-23(10-12-7-8-15(19)26-12)16(25)11-24-21-17(20-22-24)13-5-3-4-6-14(13)18/h2-8H,1,9-11H2. The minimum atomic E-state index is -0.141. The van der Waals surface area contributed by atoms with Gasteiger partial charge in [0.05, 0.1) is 15.9 Å². The van der Waals surface area contributed by atoms with Crippen LogP contribution >= 0.6 is 34.5 Å². The van der Waals surface area contributed by atoms with E-state index in [4.69, 9.17) is 23.2 Å². The lowest BCUT2D eigenvalue weighted by molar-refractivity contribution is -0.132. The number of hydrogen-bond donors (Lipinski definition) is 0. The number of benzene rings is 1. The van der Waals surface area contributed by atoms with Gasteiger partial charge in [-0.1, -0.05) is 41.4 Å². The molecule has 0 unspecified atom stereocenters. The molecule has 3 rings (SSSR count). The van der Waals surface area contributed by atoms with Crippen molar-refractivity contribution in [2.45, 2.75) is 13.1 Å². The third-order valence-corrected chi connectivity index (χ3v) is 5.07. The fraction of sp³-hybridized carbons (Fsp3) is 0.176. The zero-order valence-electron chi connectivity index (χ0n) is 13.7. The summed E-state index contributed by atoms with van der Waals surface area (Å²) in [5.74, 6) is 0.237. The topological polar surface area (TPSA) is 63.9 Å². The van der Waals surface area contributed by atoms with Crippen LogP contribution in [-0.4, -0.2) is 37.6 Å². The third kappa shape index (κ3) is 4.49. The molecule has 2 aromatic heterocycles. The molecular formula is C17H15Cl2N5OS. The normalized spacial score (nSPS) is 10.7. The van der Waals surface area contributed by atoms with Gasteiger partial charge >= 0.3 is 0 Å². The zero-order chi connectivity index (χ0) is 18.5. The first-order valence-corrected chi connectivity index (χ1v) is 9.29. The monoisotopic (exact) mass is 407 g/mol. The van der Waals surface area contributed by atoms with Gasteiger partial charge in [-0.15, -0.1) is 28.1 Å². The fourth-order valence-electron chi connectivity index (χ4n) is 2.32. The van der Waals surface area contributed by atoms with Gasteiger partial charge in [0.2, 0.25) is 11.7 Å².